The van der Waals surface area contributed by atoms with Crippen LogP contribution >= 0.6 is 0 Å². The van der Waals surface area contributed by atoms with Crippen LogP contribution in [0.3, 0.4) is 0 Å². The molecule has 16 heavy (non-hydrogen) atoms. The van der Waals surface area contributed by atoms with Gasteiger partial charge in [-0.3, -0.25) is 0 Å². The van der Waals surface area contributed by atoms with Crippen LogP contribution < -0.4 is 5.73 Å². The Hall–Kier alpha value is -1.35. The molecule has 0 aliphatic heterocycles. The van der Waals surface area contributed by atoms with Gasteiger partial charge in [0.15, 0.2) is 0 Å². The largest absolute Gasteiger partial charge is 0.328 e. The number of hydrogen-bond acceptors (Lipinski definition) is 2. The van der Waals surface area contributed by atoms with Crippen LogP contribution in [0.15, 0.2) is 24.5 Å². The van der Waals surface area contributed by atoms with Crippen LogP contribution in [-0.4, -0.2) is 15.4 Å². The fraction of sp³-hybridized carbons (Fsp3) is 0.462. The Bertz CT molecular complexity index is 509. The van der Waals surface area contributed by atoms with E-state index in [1.165, 1.54) is 29.7 Å². The van der Waals surface area contributed by atoms with Crippen LogP contribution in [0, 0.1) is 0 Å². The molecule has 0 bridgehead atoms. The molecule has 2 aromatic rings. The second kappa shape index (κ2) is 3.59. The van der Waals surface area contributed by atoms with Gasteiger partial charge in [0.2, 0.25) is 0 Å². The smallest absolute Gasteiger partial charge is 0.116 e. The molecule has 1 atom stereocenters. The summed E-state index contributed by atoms with van der Waals surface area (Å²) < 4.78 is 2.21. The first-order valence-corrected chi connectivity index (χ1v) is 5.95. The standard InChI is InChI=1S/C13H17N3/c1-9(14)6-10-4-5-16-12(7-10)8-15-13(16)11-2-3-11/h4-5,7-9,11H,2-3,6,14H2,1H3. The molecule has 1 saturated carbocycles. The number of nitrogens with two attached hydrogens (primary N) is 1. The maximum absolute atomic E-state index is 5.81. The lowest BCUT2D eigenvalue weighted by Crippen LogP contribution is -2.17. The third-order valence-electron chi connectivity index (χ3n) is 3.13. The molecule has 0 amide bonds. The number of imidazole rings is 1. The lowest BCUT2D eigenvalue weighted by Gasteiger charge is -2.06. The van der Waals surface area contributed by atoms with Gasteiger partial charge in [0.1, 0.15) is 5.82 Å². The van der Waals surface area contributed by atoms with E-state index in [1.807, 2.05) is 13.1 Å². The van der Waals surface area contributed by atoms with E-state index in [0.29, 0.717) is 5.92 Å². The fourth-order valence-corrected chi connectivity index (χ4v) is 2.21. The average molecular weight is 215 g/mol. The Balaban J connectivity index is 1.99. The van der Waals surface area contributed by atoms with Crippen molar-refractivity contribution in [2.75, 3.05) is 0 Å². The fourth-order valence-electron chi connectivity index (χ4n) is 2.21. The van der Waals surface area contributed by atoms with E-state index in [0.717, 1.165) is 6.42 Å². The Kier molecular flexibility index (Phi) is 2.21. The topological polar surface area (TPSA) is 43.3 Å². The molecule has 3 rings (SSSR count). The van der Waals surface area contributed by atoms with Crippen molar-refractivity contribution < 1.29 is 0 Å². The van der Waals surface area contributed by atoms with Gasteiger partial charge in [-0.25, -0.2) is 4.98 Å². The van der Waals surface area contributed by atoms with Gasteiger partial charge in [-0.15, -0.1) is 0 Å². The number of aromatic nitrogens is 2. The van der Waals surface area contributed by atoms with E-state index in [2.05, 4.69) is 27.7 Å². The van der Waals surface area contributed by atoms with E-state index in [-0.39, 0.29) is 6.04 Å². The van der Waals surface area contributed by atoms with Crippen molar-refractivity contribution in [1.82, 2.24) is 9.38 Å². The van der Waals surface area contributed by atoms with Gasteiger partial charge >= 0.3 is 0 Å². The van der Waals surface area contributed by atoms with Crippen LogP contribution in [0.25, 0.3) is 5.52 Å². The molecule has 2 aromatic heterocycles. The number of pyridine rings is 1. The zero-order valence-electron chi connectivity index (χ0n) is 9.56. The highest BCUT2D eigenvalue weighted by molar-refractivity contribution is 5.49. The molecule has 2 N–H and O–H groups in total. The van der Waals surface area contributed by atoms with E-state index < -0.39 is 0 Å². The summed E-state index contributed by atoms with van der Waals surface area (Å²) >= 11 is 0. The van der Waals surface area contributed by atoms with E-state index >= 15 is 0 Å². The quantitative estimate of drug-likeness (QED) is 0.852. The van der Waals surface area contributed by atoms with Crippen molar-refractivity contribution >= 4 is 5.52 Å². The Morgan fingerprint density at radius 3 is 3.06 bits per heavy atom. The number of nitrogens with zero attached hydrogens (tertiary/aromatic N) is 2. The summed E-state index contributed by atoms with van der Waals surface area (Å²) in [6.07, 6.45) is 7.62. The molecule has 84 valence electrons. The summed E-state index contributed by atoms with van der Waals surface area (Å²) in [6.45, 7) is 2.04. The molecule has 2 heterocycles. The zero-order chi connectivity index (χ0) is 11.1. The highest BCUT2D eigenvalue weighted by Gasteiger charge is 2.27. The van der Waals surface area contributed by atoms with Crippen molar-refractivity contribution in [3.05, 3.63) is 35.9 Å². The average Bonchev–Trinajstić information content (AvgIpc) is 2.98. The van der Waals surface area contributed by atoms with Crippen molar-refractivity contribution in [3.8, 4) is 0 Å². The van der Waals surface area contributed by atoms with Crippen molar-refractivity contribution in [1.29, 1.82) is 0 Å². The van der Waals surface area contributed by atoms with Crippen molar-refractivity contribution in [2.24, 2.45) is 5.73 Å². The van der Waals surface area contributed by atoms with Crippen LogP contribution in [0.5, 0.6) is 0 Å². The molecule has 3 heteroatoms. The lowest BCUT2D eigenvalue weighted by molar-refractivity contribution is 0.737. The maximum Gasteiger partial charge on any atom is 0.116 e. The summed E-state index contributed by atoms with van der Waals surface area (Å²) in [4.78, 5) is 4.51. The van der Waals surface area contributed by atoms with Gasteiger partial charge in [0, 0.05) is 18.2 Å². The lowest BCUT2D eigenvalue weighted by atomic mass is 10.1. The molecule has 0 aromatic carbocycles. The number of rotatable bonds is 3. The maximum atomic E-state index is 5.81. The van der Waals surface area contributed by atoms with Gasteiger partial charge in [-0.05, 0) is 43.9 Å². The highest BCUT2D eigenvalue weighted by Crippen LogP contribution is 2.39. The Morgan fingerprint density at radius 2 is 2.38 bits per heavy atom. The first-order valence-electron chi connectivity index (χ1n) is 5.95. The summed E-state index contributed by atoms with van der Waals surface area (Å²) in [5, 5.41) is 0. The molecule has 0 saturated heterocycles. The second-order valence-electron chi connectivity index (χ2n) is 4.90. The molecule has 1 fully saturated rings. The van der Waals surface area contributed by atoms with Crippen molar-refractivity contribution in [2.45, 2.75) is 38.1 Å². The summed E-state index contributed by atoms with van der Waals surface area (Å²) in [7, 11) is 0. The Labute approximate surface area is 95.3 Å². The molecule has 0 spiro atoms. The van der Waals surface area contributed by atoms with E-state index in [9.17, 15) is 0 Å². The van der Waals surface area contributed by atoms with Crippen LogP contribution in [0.4, 0.5) is 0 Å². The van der Waals surface area contributed by atoms with Gasteiger partial charge < -0.3 is 10.1 Å². The molecule has 0 radical (unpaired) electrons. The zero-order valence-corrected chi connectivity index (χ0v) is 9.56. The normalized spacial score (nSPS) is 17.9. The third-order valence-corrected chi connectivity index (χ3v) is 3.13. The summed E-state index contributed by atoms with van der Waals surface area (Å²) in [5.41, 5.74) is 8.30. The molecular formula is C13H17N3. The highest BCUT2D eigenvalue weighted by atomic mass is 15.0. The Morgan fingerprint density at radius 1 is 1.56 bits per heavy atom. The molecule has 1 unspecified atom stereocenters. The van der Waals surface area contributed by atoms with Gasteiger partial charge in [0.05, 0.1) is 11.7 Å². The van der Waals surface area contributed by atoms with Gasteiger partial charge in [-0.2, -0.15) is 0 Å². The molecule has 1 aliphatic carbocycles. The number of fused-ring (bicyclic) bond motifs is 1. The minimum atomic E-state index is 0.216. The van der Waals surface area contributed by atoms with E-state index in [4.69, 9.17) is 5.73 Å². The number of hydrogen-bond donors (Lipinski definition) is 1. The SMILES string of the molecule is CC(N)Cc1ccn2c(C3CC3)ncc2c1. The van der Waals surface area contributed by atoms with Gasteiger partial charge in [0.25, 0.3) is 0 Å². The summed E-state index contributed by atoms with van der Waals surface area (Å²) in [5.74, 6) is 1.92. The monoisotopic (exact) mass is 215 g/mol. The first-order chi connectivity index (χ1) is 7.74. The predicted molar refractivity (Wildman–Crippen MR) is 64.5 cm³/mol. The minimum absolute atomic E-state index is 0.216. The second-order valence-corrected chi connectivity index (χ2v) is 4.90. The van der Waals surface area contributed by atoms with Crippen LogP contribution in [0.2, 0.25) is 0 Å². The predicted octanol–water partition coefficient (Wildman–Crippen LogP) is 2.10. The third kappa shape index (κ3) is 1.71. The molecule has 1 aliphatic rings. The summed E-state index contributed by atoms with van der Waals surface area (Å²) in [6, 6.07) is 4.57. The van der Waals surface area contributed by atoms with Crippen LogP contribution in [-0.2, 0) is 6.42 Å². The van der Waals surface area contributed by atoms with E-state index in [1.54, 1.807) is 0 Å². The molecular weight excluding hydrogens is 198 g/mol. The van der Waals surface area contributed by atoms with Crippen molar-refractivity contribution in [3.63, 3.8) is 0 Å². The van der Waals surface area contributed by atoms with Crippen LogP contribution in [0.1, 0.15) is 37.1 Å². The molecule has 3 nitrogen and oxygen atoms in total. The van der Waals surface area contributed by atoms with Gasteiger partial charge in [-0.1, -0.05) is 0 Å². The first kappa shape index (κ1) is 9.85. The minimum Gasteiger partial charge on any atom is -0.328 e.